The third-order valence-corrected chi connectivity index (χ3v) is 9.82. The van der Waals surface area contributed by atoms with Gasteiger partial charge in [-0.05, 0) is 73.7 Å². The highest BCUT2D eigenvalue weighted by atomic mass is 16.7. The smallest absolute Gasteiger partial charge is 0.316 e. The van der Waals surface area contributed by atoms with Gasteiger partial charge in [0.25, 0.3) is 0 Å². The molecule has 13 nitrogen and oxygen atoms in total. The fourth-order valence-corrected chi connectivity index (χ4v) is 6.47. The van der Waals surface area contributed by atoms with E-state index < -0.39 is 78.5 Å². The molecule has 2 heterocycles. The number of cyclic esters (lactones) is 1. The molecule has 3 rings (SSSR count). The van der Waals surface area contributed by atoms with Gasteiger partial charge in [0.2, 0.25) is 5.91 Å². The molecule has 0 aromatic heterocycles. The van der Waals surface area contributed by atoms with Gasteiger partial charge in [0.1, 0.15) is 23.9 Å². The monoisotopic (exact) mass is 707 g/mol. The lowest BCUT2D eigenvalue weighted by Crippen LogP contribution is -2.52. The van der Waals surface area contributed by atoms with Crippen molar-refractivity contribution in [1.82, 2.24) is 15.1 Å². The normalized spacial score (nSPS) is 34.5. The highest BCUT2D eigenvalue weighted by Gasteiger charge is 2.42. The van der Waals surface area contributed by atoms with Crippen LogP contribution in [0.3, 0.4) is 0 Å². The number of nitrogens with zero attached hydrogens (tertiary/aromatic N) is 2. The number of aliphatic hydroxyl groups is 3. The quantitative estimate of drug-likeness (QED) is 0.194. The van der Waals surface area contributed by atoms with Crippen LogP contribution in [-0.2, 0) is 39.8 Å². The van der Waals surface area contributed by atoms with Crippen LogP contribution in [0, 0.1) is 11.8 Å². The van der Waals surface area contributed by atoms with Gasteiger partial charge >= 0.3 is 5.97 Å². The molecule has 0 bridgehead atoms. The van der Waals surface area contributed by atoms with E-state index in [4.69, 9.17) is 18.9 Å². The first-order valence-electron chi connectivity index (χ1n) is 17.9. The van der Waals surface area contributed by atoms with E-state index >= 15 is 0 Å². The molecule has 8 unspecified atom stereocenters. The van der Waals surface area contributed by atoms with Crippen LogP contribution in [0.4, 0.5) is 0 Å². The van der Waals surface area contributed by atoms with Crippen LogP contribution in [-0.4, -0.2) is 145 Å². The summed E-state index contributed by atoms with van der Waals surface area (Å²) in [6.07, 6.45) is -2.83. The SMILES string of the molecule is CC1CC(N(C)C)CC(O[C@@H]2CC(=O)C(C)C(=O)OC[C@@](C)(O)C(O)C(C)C(=O)N[C@H](C)CC2OCC(O)CN(C)CCc2ccccc2)O1. The lowest BCUT2D eigenvalue weighted by atomic mass is 9.89. The number of aliphatic hydroxyl groups excluding tert-OH is 2. The largest absolute Gasteiger partial charge is 0.462 e. The average Bonchev–Trinajstić information content (AvgIpc) is 3.06. The minimum Gasteiger partial charge on any atom is -0.462 e. The molecular formula is C37H61N3O10. The van der Waals surface area contributed by atoms with Crippen molar-refractivity contribution in [2.24, 2.45) is 11.8 Å². The Labute approximate surface area is 297 Å². The first-order valence-corrected chi connectivity index (χ1v) is 17.9. The van der Waals surface area contributed by atoms with Crippen LogP contribution in [0.5, 0.6) is 0 Å². The third-order valence-electron chi connectivity index (χ3n) is 9.82. The van der Waals surface area contributed by atoms with E-state index in [1.54, 1.807) is 6.92 Å². The molecule has 11 atom stereocenters. The number of ether oxygens (including phenoxy) is 4. The predicted octanol–water partition coefficient (Wildman–Crippen LogP) is 1.54. The van der Waals surface area contributed by atoms with Gasteiger partial charge in [-0.3, -0.25) is 14.4 Å². The van der Waals surface area contributed by atoms with Crippen LogP contribution >= 0.6 is 0 Å². The Morgan fingerprint density at radius 2 is 1.70 bits per heavy atom. The second-order valence-corrected chi connectivity index (χ2v) is 14.9. The maximum absolute atomic E-state index is 13.7. The van der Waals surface area contributed by atoms with Gasteiger partial charge in [-0.1, -0.05) is 37.3 Å². The molecule has 1 amide bonds. The molecule has 1 aromatic rings. The van der Waals surface area contributed by atoms with Gasteiger partial charge in [-0.2, -0.15) is 0 Å². The van der Waals surface area contributed by atoms with Crippen molar-refractivity contribution in [2.75, 3.05) is 47.4 Å². The fraction of sp³-hybridized carbons (Fsp3) is 0.757. The van der Waals surface area contributed by atoms with E-state index in [9.17, 15) is 29.7 Å². The van der Waals surface area contributed by atoms with E-state index in [0.717, 1.165) is 19.4 Å². The van der Waals surface area contributed by atoms with Crippen LogP contribution in [0.25, 0.3) is 0 Å². The van der Waals surface area contributed by atoms with E-state index in [0.29, 0.717) is 13.0 Å². The highest BCUT2D eigenvalue weighted by molar-refractivity contribution is 5.98. The number of carbonyl (C=O) groups excluding carboxylic acids is 3. The zero-order chi connectivity index (χ0) is 37.2. The topological polar surface area (TPSA) is 167 Å². The van der Waals surface area contributed by atoms with Crippen molar-refractivity contribution in [1.29, 1.82) is 0 Å². The zero-order valence-electron chi connectivity index (χ0n) is 31.1. The highest BCUT2D eigenvalue weighted by Crippen LogP contribution is 2.28. The molecule has 2 fully saturated rings. The van der Waals surface area contributed by atoms with Crippen LogP contribution in [0.15, 0.2) is 30.3 Å². The summed E-state index contributed by atoms with van der Waals surface area (Å²) in [4.78, 5) is 44.0. The molecule has 0 radical (unpaired) electrons. The van der Waals surface area contributed by atoms with Crippen molar-refractivity contribution in [3.8, 4) is 0 Å². The van der Waals surface area contributed by atoms with E-state index in [1.807, 2.05) is 51.2 Å². The number of esters is 1. The molecule has 284 valence electrons. The molecule has 0 saturated carbocycles. The van der Waals surface area contributed by atoms with E-state index in [2.05, 4.69) is 22.3 Å². The molecule has 2 aliphatic heterocycles. The zero-order valence-corrected chi connectivity index (χ0v) is 31.1. The van der Waals surface area contributed by atoms with Crippen LogP contribution in [0.2, 0.25) is 0 Å². The summed E-state index contributed by atoms with van der Waals surface area (Å²) in [6, 6.07) is 9.72. The third kappa shape index (κ3) is 12.9. The Bertz CT molecular complexity index is 1220. The lowest BCUT2D eigenvalue weighted by molar-refractivity contribution is -0.241. The summed E-state index contributed by atoms with van der Waals surface area (Å²) < 4.78 is 24.4. The molecule has 13 heteroatoms. The number of carbonyl (C=O) groups is 3. The Morgan fingerprint density at radius 3 is 2.36 bits per heavy atom. The maximum Gasteiger partial charge on any atom is 0.316 e. The number of rotatable bonds is 11. The van der Waals surface area contributed by atoms with Gasteiger partial charge in [0, 0.05) is 38.0 Å². The summed E-state index contributed by atoms with van der Waals surface area (Å²) in [7, 11) is 5.91. The first kappa shape index (κ1) is 41.9. The molecule has 50 heavy (non-hydrogen) atoms. The maximum atomic E-state index is 13.7. The first-order chi connectivity index (χ1) is 23.5. The molecule has 1 aromatic carbocycles. The van der Waals surface area contributed by atoms with Crippen molar-refractivity contribution < 1.29 is 48.7 Å². The van der Waals surface area contributed by atoms with Crippen LogP contribution in [0.1, 0.15) is 65.9 Å². The Hall–Kier alpha value is -2.49. The van der Waals surface area contributed by atoms with Crippen molar-refractivity contribution >= 4 is 17.7 Å². The number of ketones is 1. The van der Waals surface area contributed by atoms with Gasteiger partial charge in [-0.15, -0.1) is 0 Å². The second-order valence-electron chi connectivity index (χ2n) is 14.9. The fourth-order valence-electron chi connectivity index (χ4n) is 6.47. The summed E-state index contributed by atoms with van der Waals surface area (Å²) in [5, 5.41) is 35.7. The van der Waals surface area contributed by atoms with Crippen molar-refractivity contribution in [2.45, 2.75) is 121 Å². The number of nitrogens with one attached hydrogen (secondary N) is 1. The van der Waals surface area contributed by atoms with Gasteiger partial charge in [0.05, 0.1) is 43.0 Å². The van der Waals surface area contributed by atoms with Gasteiger partial charge < -0.3 is 49.4 Å². The minimum atomic E-state index is -1.95. The van der Waals surface area contributed by atoms with Gasteiger partial charge in [-0.25, -0.2) is 0 Å². The van der Waals surface area contributed by atoms with Gasteiger partial charge in [0.15, 0.2) is 6.29 Å². The number of hydrogen-bond donors (Lipinski definition) is 4. The standard InChI is InChI=1S/C37H61N3O10/c1-23-16-31(47-21-29(41)20-40(8)15-14-27-12-10-9-11-13-27)32(50-33-18-28(39(6)7)17-24(2)49-33)19-30(42)25(3)36(45)48-22-37(5,46)34(43)26(4)35(44)38-23/h9-13,23-26,28-29,31-34,41,43,46H,14-22H2,1-8H3,(H,38,44)/t23-,24?,25?,26?,28?,29?,31?,32-,33?,34?,37-/m1/s1. The number of benzene rings is 1. The lowest BCUT2D eigenvalue weighted by Gasteiger charge is -2.40. The average molecular weight is 708 g/mol. The number of likely N-dealkylation sites (N-methyl/N-ethyl adjacent to an activating group) is 1. The summed E-state index contributed by atoms with van der Waals surface area (Å²) in [6.45, 7) is 8.28. The van der Waals surface area contributed by atoms with E-state index in [1.165, 1.54) is 26.3 Å². The summed E-state index contributed by atoms with van der Waals surface area (Å²) in [5.41, 5.74) is -0.751. The summed E-state index contributed by atoms with van der Waals surface area (Å²) >= 11 is 0. The molecule has 0 aliphatic carbocycles. The molecule has 2 saturated heterocycles. The summed E-state index contributed by atoms with van der Waals surface area (Å²) in [5.74, 6) is -4.13. The second kappa shape index (κ2) is 19.4. The Kier molecular flexibility index (Phi) is 16.2. The molecular weight excluding hydrogens is 646 g/mol. The molecule has 2 aliphatic rings. The minimum absolute atomic E-state index is 0.0765. The number of amides is 1. The molecule has 0 spiro atoms. The van der Waals surface area contributed by atoms with Crippen LogP contribution < -0.4 is 5.32 Å². The Balaban J connectivity index is 1.86. The van der Waals surface area contributed by atoms with Crippen molar-refractivity contribution in [3.63, 3.8) is 0 Å². The number of Topliss-reactive ketones (excluding diaryl/α,β-unsaturated/α-hetero) is 1. The molecule has 4 N–H and O–H groups in total. The van der Waals surface area contributed by atoms with Crippen molar-refractivity contribution in [3.05, 3.63) is 35.9 Å². The van der Waals surface area contributed by atoms with E-state index in [-0.39, 0.29) is 31.6 Å². The Morgan fingerprint density at radius 1 is 1.02 bits per heavy atom. The predicted molar refractivity (Wildman–Crippen MR) is 187 cm³/mol. The number of hydrogen-bond acceptors (Lipinski definition) is 12.